The van der Waals surface area contributed by atoms with Crippen LogP contribution in [0.2, 0.25) is 0 Å². The van der Waals surface area contributed by atoms with E-state index in [4.69, 9.17) is 5.73 Å². The van der Waals surface area contributed by atoms with E-state index in [1.54, 1.807) is 0 Å². The molecule has 0 aromatic carbocycles. The summed E-state index contributed by atoms with van der Waals surface area (Å²) in [7, 11) is 0. The van der Waals surface area contributed by atoms with Crippen molar-refractivity contribution in [3.63, 3.8) is 0 Å². The molecule has 4 aliphatic carbocycles. The van der Waals surface area contributed by atoms with Gasteiger partial charge in [0.05, 0.1) is 6.10 Å². The number of nitrogens with zero attached hydrogens (tertiary/aromatic N) is 2. The second-order valence-corrected chi connectivity index (χ2v) is 16.8. The Labute approximate surface area is 270 Å². The van der Waals surface area contributed by atoms with Gasteiger partial charge in [0, 0.05) is 44.7 Å². The fraction of sp³-hybridized carbons (Fsp3) is 0.973. The van der Waals surface area contributed by atoms with Crippen LogP contribution in [-0.2, 0) is 4.79 Å². The molecule has 44 heavy (non-hydrogen) atoms. The topological polar surface area (TPSA) is 93.9 Å². The molecule has 5 aliphatic rings. The molecule has 0 bridgehead atoms. The van der Waals surface area contributed by atoms with Crippen LogP contribution in [0.15, 0.2) is 0 Å². The molecule has 5 N–H and O–H groups in total. The van der Waals surface area contributed by atoms with Gasteiger partial charge < -0.3 is 31.3 Å². The van der Waals surface area contributed by atoms with E-state index in [9.17, 15) is 9.90 Å². The Morgan fingerprint density at radius 3 is 2.32 bits per heavy atom. The third-order valence-corrected chi connectivity index (χ3v) is 14.0. The fourth-order valence-corrected chi connectivity index (χ4v) is 11.5. The van der Waals surface area contributed by atoms with E-state index < -0.39 is 0 Å². The van der Waals surface area contributed by atoms with E-state index in [1.165, 1.54) is 84.1 Å². The summed E-state index contributed by atoms with van der Waals surface area (Å²) in [4.78, 5) is 17.6. The van der Waals surface area contributed by atoms with Gasteiger partial charge in [-0.15, -0.1) is 0 Å². The molecule has 4 saturated carbocycles. The zero-order chi connectivity index (χ0) is 31.5. The first kappa shape index (κ1) is 34.6. The summed E-state index contributed by atoms with van der Waals surface area (Å²) in [6.45, 7) is 20.6. The highest BCUT2D eigenvalue weighted by Crippen LogP contribution is 2.68. The van der Waals surface area contributed by atoms with Crippen LogP contribution in [-0.4, -0.2) is 91.4 Å². The molecule has 1 aliphatic heterocycles. The number of carbonyl (C=O) groups is 1. The molecule has 7 nitrogen and oxygen atoms in total. The molecular formula is C37H69N5O2. The largest absolute Gasteiger partial charge is 0.393 e. The minimum atomic E-state index is -0.206. The quantitative estimate of drug-likeness (QED) is 0.221. The zero-order valence-electron chi connectivity index (χ0n) is 29.2. The molecule has 254 valence electrons. The molecule has 1 saturated heterocycles. The third-order valence-electron chi connectivity index (χ3n) is 14.0. The normalized spacial score (nSPS) is 40.3. The zero-order valence-corrected chi connectivity index (χ0v) is 29.2. The van der Waals surface area contributed by atoms with Crippen LogP contribution in [0.1, 0.15) is 112 Å². The molecule has 1 amide bonds. The summed E-state index contributed by atoms with van der Waals surface area (Å²) < 4.78 is 0. The van der Waals surface area contributed by atoms with Crippen LogP contribution >= 0.6 is 0 Å². The van der Waals surface area contributed by atoms with Crippen molar-refractivity contribution in [2.24, 2.45) is 52.1 Å². The van der Waals surface area contributed by atoms with Crippen molar-refractivity contribution in [1.29, 1.82) is 0 Å². The molecule has 5 rings (SSSR count). The Balaban J connectivity index is 1.09. The van der Waals surface area contributed by atoms with Gasteiger partial charge in [-0.25, -0.2) is 0 Å². The summed E-state index contributed by atoms with van der Waals surface area (Å²) in [6, 6.07) is 0.871. The predicted octanol–water partition coefficient (Wildman–Crippen LogP) is 4.87. The smallest absolute Gasteiger partial charge is 0.220 e. The van der Waals surface area contributed by atoms with Gasteiger partial charge in [-0.3, -0.25) is 4.79 Å². The van der Waals surface area contributed by atoms with Gasteiger partial charge in [0.25, 0.3) is 0 Å². The summed E-state index contributed by atoms with van der Waals surface area (Å²) in [5.41, 5.74) is 6.08. The number of rotatable bonds is 13. The van der Waals surface area contributed by atoms with Crippen molar-refractivity contribution in [2.45, 2.75) is 130 Å². The fourth-order valence-electron chi connectivity index (χ4n) is 11.5. The van der Waals surface area contributed by atoms with Gasteiger partial charge in [0.2, 0.25) is 5.91 Å². The van der Waals surface area contributed by atoms with Crippen LogP contribution in [0.5, 0.6) is 0 Å². The van der Waals surface area contributed by atoms with Crippen molar-refractivity contribution in [3.05, 3.63) is 0 Å². The van der Waals surface area contributed by atoms with Gasteiger partial charge >= 0.3 is 0 Å². The molecule has 5 fully saturated rings. The minimum Gasteiger partial charge on any atom is -0.393 e. The van der Waals surface area contributed by atoms with Crippen LogP contribution < -0.4 is 16.4 Å². The first-order valence-corrected chi connectivity index (χ1v) is 18.9. The number of nitrogens with two attached hydrogens (primary N) is 1. The Hall–Kier alpha value is -0.730. The first-order valence-electron chi connectivity index (χ1n) is 18.9. The second-order valence-electron chi connectivity index (χ2n) is 16.8. The first-order chi connectivity index (χ1) is 21.1. The van der Waals surface area contributed by atoms with Crippen molar-refractivity contribution in [3.8, 4) is 0 Å². The molecular weight excluding hydrogens is 546 g/mol. The van der Waals surface area contributed by atoms with Gasteiger partial charge in [-0.05, 0) is 157 Å². The lowest BCUT2D eigenvalue weighted by atomic mass is 9.43. The van der Waals surface area contributed by atoms with Crippen LogP contribution in [0, 0.1) is 46.3 Å². The number of carbonyl (C=O) groups excluding carboxylic acids is 1. The molecule has 5 unspecified atom stereocenters. The standard InChI is InChI=1S/C37H69N5O2/c1-26(2)40-35(44)13-8-27(3)31-11-12-32-30-10-9-28-24-29(14-15-36(28,4)33(30)25-34(43)37(31,32)5)39-17-7-19-42-22-20-41(21-23-42)18-6-16-38/h26-34,39,43H,6-25,38H2,1-5H3,(H,40,44)/t27-,28?,29+,30?,31?,32?,33?,34+,36+,37-/m1/s1. The summed E-state index contributed by atoms with van der Waals surface area (Å²) in [6.07, 6.45) is 13.9. The number of fused-ring (bicyclic) bond motifs is 5. The highest BCUT2D eigenvalue weighted by molar-refractivity contribution is 5.76. The monoisotopic (exact) mass is 616 g/mol. The molecule has 0 radical (unpaired) electrons. The Bertz CT molecular complexity index is 924. The Kier molecular flexibility index (Phi) is 11.8. The SMILES string of the molecule is CC(C)NC(=O)CC[C@@H](C)C1CCC2C3CCC4C[C@@H](NCCCN5CCN(CCCN)CC5)CC[C@]4(C)C3C[C@H](O)[C@@]21C. The van der Waals surface area contributed by atoms with E-state index in [2.05, 4.69) is 41.2 Å². The number of nitrogens with one attached hydrogen (secondary N) is 2. The number of aliphatic hydroxyl groups excluding tert-OH is 1. The molecule has 10 atom stereocenters. The van der Waals surface area contributed by atoms with E-state index >= 15 is 0 Å². The highest BCUT2D eigenvalue weighted by Gasteiger charge is 2.63. The van der Waals surface area contributed by atoms with Crippen LogP contribution in [0.3, 0.4) is 0 Å². The number of hydrogen-bond acceptors (Lipinski definition) is 6. The minimum absolute atomic E-state index is 0.00811. The van der Waals surface area contributed by atoms with Crippen molar-refractivity contribution >= 4 is 5.91 Å². The predicted molar refractivity (Wildman–Crippen MR) is 181 cm³/mol. The summed E-state index contributed by atoms with van der Waals surface area (Å²) >= 11 is 0. The maximum Gasteiger partial charge on any atom is 0.220 e. The highest BCUT2D eigenvalue weighted by atomic mass is 16.3. The lowest BCUT2D eigenvalue weighted by Crippen LogP contribution is -2.59. The average molecular weight is 616 g/mol. The number of aliphatic hydroxyl groups is 1. The maximum atomic E-state index is 12.4. The summed E-state index contributed by atoms with van der Waals surface area (Å²) in [5, 5.41) is 19.0. The van der Waals surface area contributed by atoms with Gasteiger partial charge in [-0.1, -0.05) is 20.8 Å². The Morgan fingerprint density at radius 2 is 1.64 bits per heavy atom. The van der Waals surface area contributed by atoms with Crippen molar-refractivity contribution in [2.75, 3.05) is 52.4 Å². The number of amides is 1. The number of piperazine rings is 1. The lowest BCUT2D eigenvalue weighted by molar-refractivity contribution is -0.169. The number of hydrogen-bond donors (Lipinski definition) is 4. The van der Waals surface area contributed by atoms with E-state index in [0.717, 1.165) is 50.7 Å². The molecule has 0 aromatic rings. The van der Waals surface area contributed by atoms with Crippen LogP contribution in [0.25, 0.3) is 0 Å². The van der Waals surface area contributed by atoms with E-state index in [-0.39, 0.29) is 23.5 Å². The maximum absolute atomic E-state index is 12.4. The molecule has 1 heterocycles. The van der Waals surface area contributed by atoms with E-state index in [1.807, 2.05) is 13.8 Å². The van der Waals surface area contributed by atoms with E-state index in [0.29, 0.717) is 41.5 Å². The lowest BCUT2D eigenvalue weighted by Gasteiger charge is -2.62. The van der Waals surface area contributed by atoms with Crippen molar-refractivity contribution in [1.82, 2.24) is 20.4 Å². The molecule has 0 aromatic heterocycles. The van der Waals surface area contributed by atoms with Gasteiger partial charge in [0.1, 0.15) is 0 Å². The second kappa shape index (κ2) is 15.0. The van der Waals surface area contributed by atoms with Gasteiger partial charge in [-0.2, -0.15) is 0 Å². The average Bonchev–Trinajstić information content (AvgIpc) is 3.36. The van der Waals surface area contributed by atoms with Crippen LogP contribution in [0.4, 0.5) is 0 Å². The Morgan fingerprint density at radius 1 is 0.932 bits per heavy atom. The third kappa shape index (κ3) is 7.37. The van der Waals surface area contributed by atoms with Crippen molar-refractivity contribution < 1.29 is 9.90 Å². The molecule has 0 spiro atoms. The summed E-state index contributed by atoms with van der Waals surface area (Å²) in [5.74, 6) is 4.07. The van der Waals surface area contributed by atoms with Gasteiger partial charge in [0.15, 0.2) is 0 Å². The molecule has 7 heteroatoms.